The number of para-hydroxylation sites is 1. The van der Waals surface area contributed by atoms with E-state index in [2.05, 4.69) is 10.1 Å². The SMILES string of the molecule is N#Cc1oc2ccccc2c1NC(=O)COC(=O)c1cccc(OC(F)F)c1. The Morgan fingerprint density at radius 3 is 2.71 bits per heavy atom. The van der Waals surface area contributed by atoms with Gasteiger partial charge in [0.1, 0.15) is 23.1 Å². The molecule has 0 saturated heterocycles. The Hall–Kier alpha value is -3.93. The van der Waals surface area contributed by atoms with E-state index in [4.69, 9.17) is 14.4 Å². The zero-order chi connectivity index (χ0) is 20.1. The predicted octanol–water partition coefficient (Wildman–Crippen LogP) is 3.70. The second-order valence-electron chi connectivity index (χ2n) is 5.44. The van der Waals surface area contributed by atoms with E-state index in [1.807, 2.05) is 6.07 Å². The molecule has 142 valence electrons. The molecule has 0 radical (unpaired) electrons. The van der Waals surface area contributed by atoms with Crippen LogP contribution in [0.1, 0.15) is 16.1 Å². The highest BCUT2D eigenvalue weighted by atomic mass is 19.3. The van der Waals surface area contributed by atoms with Crippen molar-refractivity contribution >= 4 is 28.5 Å². The number of esters is 1. The van der Waals surface area contributed by atoms with Gasteiger partial charge < -0.3 is 19.2 Å². The fraction of sp³-hybridized carbons (Fsp3) is 0.105. The Morgan fingerprint density at radius 2 is 1.96 bits per heavy atom. The molecule has 0 spiro atoms. The summed E-state index contributed by atoms with van der Waals surface area (Å²) in [5.41, 5.74) is 0.533. The van der Waals surface area contributed by atoms with E-state index in [0.29, 0.717) is 11.0 Å². The Morgan fingerprint density at radius 1 is 1.18 bits per heavy atom. The van der Waals surface area contributed by atoms with Crippen LogP contribution in [0.5, 0.6) is 5.75 Å². The molecule has 0 saturated carbocycles. The number of hydrogen-bond donors (Lipinski definition) is 1. The number of benzene rings is 2. The van der Waals surface area contributed by atoms with Crippen molar-refractivity contribution in [3.05, 3.63) is 59.9 Å². The maximum absolute atomic E-state index is 12.2. The molecule has 0 aliphatic heterocycles. The van der Waals surface area contributed by atoms with E-state index in [-0.39, 0.29) is 22.8 Å². The molecule has 2 aromatic carbocycles. The van der Waals surface area contributed by atoms with Crippen LogP contribution in [0.2, 0.25) is 0 Å². The average molecular weight is 386 g/mol. The lowest BCUT2D eigenvalue weighted by Crippen LogP contribution is -2.21. The zero-order valence-corrected chi connectivity index (χ0v) is 14.1. The molecule has 9 heteroatoms. The highest BCUT2D eigenvalue weighted by Crippen LogP contribution is 2.30. The van der Waals surface area contributed by atoms with Crippen LogP contribution in [0.25, 0.3) is 11.0 Å². The van der Waals surface area contributed by atoms with Gasteiger partial charge in [-0.15, -0.1) is 0 Å². The van der Waals surface area contributed by atoms with Crippen LogP contribution in [-0.4, -0.2) is 25.1 Å². The van der Waals surface area contributed by atoms with Gasteiger partial charge in [0.25, 0.3) is 5.91 Å². The van der Waals surface area contributed by atoms with E-state index in [0.717, 1.165) is 6.07 Å². The number of alkyl halides is 2. The van der Waals surface area contributed by atoms with Gasteiger partial charge in [0.05, 0.1) is 5.56 Å². The second kappa shape index (κ2) is 8.18. The number of carbonyl (C=O) groups is 2. The quantitative estimate of drug-likeness (QED) is 0.648. The van der Waals surface area contributed by atoms with Gasteiger partial charge >= 0.3 is 12.6 Å². The van der Waals surface area contributed by atoms with Gasteiger partial charge in [-0.25, -0.2) is 4.79 Å². The Kier molecular flexibility index (Phi) is 5.50. The first-order valence-electron chi connectivity index (χ1n) is 7.91. The van der Waals surface area contributed by atoms with E-state index >= 15 is 0 Å². The number of ether oxygens (including phenoxy) is 2. The second-order valence-corrected chi connectivity index (χ2v) is 5.44. The fourth-order valence-electron chi connectivity index (χ4n) is 2.44. The fourth-order valence-corrected chi connectivity index (χ4v) is 2.44. The summed E-state index contributed by atoms with van der Waals surface area (Å²) < 4.78 is 38.9. The minimum absolute atomic E-state index is 0.0579. The molecule has 0 aliphatic carbocycles. The first-order valence-corrected chi connectivity index (χ1v) is 7.91. The monoisotopic (exact) mass is 386 g/mol. The van der Waals surface area contributed by atoms with E-state index in [1.54, 1.807) is 24.3 Å². The van der Waals surface area contributed by atoms with Crippen LogP contribution in [0.3, 0.4) is 0 Å². The summed E-state index contributed by atoms with van der Waals surface area (Å²) in [7, 11) is 0. The third kappa shape index (κ3) is 4.24. The first-order chi connectivity index (χ1) is 13.5. The molecule has 0 aliphatic rings. The lowest BCUT2D eigenvalue weighted by molar-refractivity contribution is -0.119. The van der Waals surface area contributed by atoms with Crippen LogP contribution in [0, 0.1) is 11.3 Å². The van der Waals surface area contributed by atoms with Crippen LogP contribution in [-0.2, 0) is 9.53 Å². The third-order valence-corrected chi connectivity index (χ3v) is 3.59. The normalized spacial score (nSPS) is 10.5. The molecule has 1 aromatic heterocycles. The molecule has 0 atom stereocenters. The molecular formula is C19H12F2N2O5. The summed E-state index contributed by atoms with van der Waals surface area (Å²) in [6.07, 6.45) is 0. The number of hydrogen-bond acceptors (Lipinski definition) is 6. The van der Waals surface area contributed by atoms with Crippen molar-refractivity contribution in [1.29, 1.82) is 5.26 Å². The number of carbonyl (C=O) groups excluding carboxylic acids is 2. The van der Waals surface area contributed by atoms with E-state index in [1.165, 1.54) is 18.2 Å². The number of furan rings is 1. The number of nitrogens with zero attached hydrogens (tertiary/aromatic N) is 1. The molecule has 1 amide bonds. The molecule has 1 heterocycles. The standard InChI is InChI=1S/C19H12F2N2O5/c20-19(21)27-12-5-3-4-11(8-12)18(25)26-10-16(24)23-17-13-6-1-2-7-14(13)28-15(17)9-22/h1-8,19H,10H2,(H,23,24). The van der Waals surface area contributed by atoms with Gasteiger partial charge in [-0.2, -0.15) is 14.0 Å². The smallest absolute Gasteiger partial charge is 0.387 e. The van der Waals surface area contributed by atoms with Crippen LogP contribution in [0.4, 0.5) is 14.5 Å². The maximum Gasteiger partial charge on any atom is 0.387 e. The number of nitriles is 1. The summed E-state index contributed by atoms with van der Waals surface area (Å²) in [5.74, 6) is -1.89. The zero-order valence-electron chi connectivity index (χ0n) is 14.1. The van der Waals surface area contributed by atoms with E-state index < -0.39 is 25.1 Å². The largest absolute Gasteiger partial charge is 0.452 e. The van der Waals surface area contributed by atoms with Crippen molar-refractivity contribution in [1.82, 2.24) is 0 Å². The van der Waals surface area contributed by atoms with Gasteiger partial charge in [0, 0.05) is 5.39 Å². The lowest BCUT2D eigenvalue weighted by Gasteiger charge is -2.08. The predicted molar refractivity (Wildman–Crippen MR) is 92.9 cm³/mol. The number of halogens is 2. The molecular weight excluding hydrogens is 374 g/mol. The highest BCUT2D eigenvalue weighted by molar-refractivity contribution is 6.03. The molecule has 3 rings (SSSR count). The minimum atomic E-state index is -3.03. The molecule has 0 unspecified atom stereocenters. The highest BCUT2D eigenvalue weighted by Gasteiger charge is 2.18. The number of fused-ring (bicyclic) bond motifs is 1. The Labute approximate surface area is 157 Å². The number of nitrogens with one attached hydrogen (secondary N) is 1. The average Bonchev–Trinajstić information content (AvgIpc) is 3.03. The van der Waals surface area contributed by atoms with Crippen LogP contribution >= 0.6 is 0 Å². The van der Waals surface area contributed by atoms with Crippen molar-refractivity contribution in [3.63, 3.8) is 0 Å². The van der Waals surface area contributed by atoms with Crippen molar-refractivity contribution < 1.29 is 32.3 Å². The summed E-state index contributed by atoms with van der Waals surface area (Å²) in [6.45, 7) is -3.68. The Balaban J connectivity index is 1.65. The van der Waals surface area contributed by atoms with Gasteiger partial charge in [-0.1, -0.05) is 18.2 Å². The number of rotatable bonds is 6. The first kappa shape index (κ1) is 18.8. The van der Waals surface area contributed by atoms with Crippen molar-refractivity contribution in [2.45, 2.75) is 6.61 Å². The molecule has 0 fully saturated rings. The van der Waals surface area contributed by atoms with Crippen molar-refractivity contribution in [2.75, 3.05) is 11.9 Å². The summed E-state index contributed by atoms with van der Waals surface area (Å²) in [6, 6.07) is 13.6. The van der Waals surface area contributed by atoms with Gasteiger partial charge in [-0.05, 0) is 30.3 Å². The molecule has 3 aromatic rings. The van der Waals surface area contributed by atoms with Gasteiger partial charge in [0.2, 0.25) is 5.76 Å². The van der Waals surface area contributed by atoms with Crippen molar-refractivity contribution in [2.24, 2.45) is 0 Å². The van der Waals surface area contributed by atoms with Crippen LogP contribution < -0.4 is 10.1 Å². The van der Waals surface area contributed by atoms with E-state index in [9.17, 15) is 18.4 Å². The summed E-state index contributed by atoms with van der Waals surface area (Å²) >= 11 is 0. The molecule has 28 heavy (non-hydrogen) atoms. The van der Waals surface area contributed by atoms with Crippen LogP contribution in [0.15, 0.2) is 52.9 Å². The number of amides is 1. The maximum atomic E-state index is 12.2. The topological polar surface area (TPSA) is 102 Å². The number of anilines is 1. The van der Waals surface area contributed by atoms with Gasteiger partial charge in [0.15, 0.2) is 6.61 Å². The summed E-state index contributed by atoms with van der Waals surface area (Å²) in [5, 5.41) is 12.1. The third-order valence-electron chi connectivity index (χ3n) is 3.59. The molecule has 7 nitrogen and oxygen atoms in total. The van der Waals surface area contributed by atoms with Gasteiger partial charge in [-0.3, -0.25) is 4.79 Å². The Bertz CT molecular complexity index is 1070. The summed E-state index contributed by atoms with van der Waals surface area (Å²) in [4.78, 5) is 24.1. The minimum Gasteiger partial charge on any atom is -0.452 e. The molecule has 0 bridgehead atoms. The lowest BCUT2D eigenvalue weighted by atomic mass is 10.2. The molecule has 1 N–H and O–H groups in total. The van der Waals surface area contributed by atoms with Crippen molar-refractivity contribution in [3.8, 4) is 11.8 Å².